The van der Waals surface area contributed by atoms with Crippen LogP contribution in [0.1, 0.15) is 32.0 Å². The summed E-state index contributed by atoms with van der Waals surface area (Å²) >= 11 is 4.98. The third kappa shape index (κ3) is 3.53. The SMILES string of the molecule is CC(C)(C)S/N=C1\COCc2cc(Br)cnc21. The largest absolute Gasteiger partial charge is 0.370 e. The highest BCUT2D eigenvalue weighted by atomic mass is 79.9. The zero-order valence-corrected chi connectivity index (χ0v) is 12.6. The molecule has 0 amide bonds. The molecule has 1 aliphatic heterocycles. The summed E-state index contributed by atoms with van der Waals surface area (Å²) in [6, 6.07) is 2.04. The minimum absolute atomic E-state index is 0.111. The number of nitrogens with zero attached hydrogens (tertiary/aromatic N) is 2. The maximum absolute atomic E-state index is 5.52. The zero-order valence-electron chi connectivity index (χ0n) is 10.2. The molecule has 0 unspecified atom stereocenters. The average Bonchev–Trinajstić information content (AvgIpc) is 2.24. The highest BCUT2D eigenvalue weighted by Gasteiger charge is 2.19. The van der Waals surface area contributed by atoms with E-state index in [4.69, 9.17) is 4.74 Å². The molecule has 3 nitrogen and oxygen atoms in total. The minimum atomic E-state index is 0.111. The molecule has 0 aliphatic carbocycles. The molecule has 1 aromatic heterocycles. The number of fused-ring (bicyclic) bond motifs is 1. The van der Waals surface area contributed by atoms with Gasteiger partial charge in [0.2, 0.25) is 0 Å². The van der Waals surface area contributed by atoms with E-state index >= 15 is 0 Å². The van der Waals surface area contributed by atoms with Crippen LogP contribution in [0.3, 0.4) is 0 Å². The van der Waals surface area contributed by atoms with Gasteiger partial charge in [-0.25, -0.2) is 4.40 Å². The van der Waals surface area contributed by atoms with Gasteiger partial charge >= 0.3 is 0 Å². The van der Waals surface area contributed by atoms with Crippen molar-refractivity contribution in [1.29, 1.82) is 0 Å². The van der Waals surface area contributed by atoms with Crippen LogP contribution in [0.15, 0.2) is 21.1 Å². The Morgan fingerprint density at radius 2 is 2.18 bits per heavy atom. The second kappa shape index (κ2) is 5.08. The first-order valence-electron chi connectivity index (χ1n) is 5.43. The Bertz CT molecular complexity index is 454. The van der Waals surface area contributed by atoms with Crippen molar-refractivity contribution in [2.45, 2.75) is 32.1 Å². The normalized spacial score (nSPS) is 18.2. The lowest BCUT2D eigenvalue weighted by Gasteiger charge is -2.19. The van der Waals surface area contributed by atoms with Gasteiger partial charge in [-0.1, -0.05) is 0 Å². The second-order valence-corrected chi connectivity index (χ2v) is 7.40. The number of halogens is 1. The first-order valence-corrected chi connectivity index (χ1v) is 7.00. The van der Waals surface area contributed by atoms with Crippen LogP contribution in [0.25, 0.3) is 0 Å². The number of aromatic nitrogens is 1. The van der Waals surface area contributed by atoms with Gasteiger partial charge in [0.25, 0.3) is 0 Å². The fourth-order valence-electron chi connectivity index (χ4n) is 1.44. The Morgan fingerprint density at radius 1 is 1.41 bits per heavy atom. The molecule has 0 fully saturated rings. The predicted octanol–water partition coefficient (Wildman–Crippen LogP) is 3.61. The molecule has 0 bridgehead atoms. The van der Waals surface area contributed by atoms with Crippen molar-refractivity contribution in [3.05, 3.63) is 28.0 Å². The highest BCUT2D eigenvalue weighted by molar-refractivity contribution is 9.10. The van der Waals surface area contributed by atoms with Crippen LogP contribution >= 0.6 is 27.9 Å². The molecule has 0 saturated carbocycles. The second-order valence-electron chi connectivity index (χ2n) is 4.90. The Morgan fingerprint density at radius 3 is 2.88 bits per heavy atom. The molecule has 5 heteroatoms. The number of rotatable bonds is 1. The molecule has 17 heavy (non-hydrogen) atoms. The molecule has 1 aromatic rings. The maximum Gasteiger partial charge on any atom is 0.100 e. The van der Waals surface area contributed by atoms with Crippen molar-refractivity contribution in [2.24, 2.45) is 4.40 Å². The van der Waals surface area contributed by atoms with Gasteiger partial charge in [-0.15, -0.1) is 0 Å². The third-order valence-electron chi connectivity index (χ3n) is 2.13. The topological polar surface area (TPSA) is 34.5 Å². The molecule has 0 aromatic carbocycles. The summed E-state index contributed by atoms with van der Waals surface area (Å²) in [5, 5.41) is 0. The lowest BCUT2D eigenvalue weighted by molar-refractivity contribution is 0.151. The average molecular weight is 315 g/mol. The summed E-state index contributed by atoms with van der Waals surface area (Å²) in [7, 11) is 0. The molecule has 0 radical (unpaired) electrons. The van der Waals surface area contributed by atoms with E-state index in [1.54, 1.807) is 18.1 Å². The third-order valence-corrected chi connectivity index (χ3v) is 3.43. The fraction of sp³-hybridized carbons (Fsp3) is 0.500. The Kier molecular flexibility index (Phi) is 3.90. The first-order chi connectivity index (χ1) is 7.96. The van der Waals surface area contributed by atoms with Gasteiger partial charge in [0.1, 0.15) is 5.71 Å². The van der Waals surface area contributed by atoms with Gasteiger partial charge in [0, 0.05) is 21.0 Å². The van der Waals surface area contributed by atoms with Crippen LogP contribution in [-0.4, -0.2) is 22.0 Å². The van der Waals surface area contributed by atoms with E-state index in [1.165, 1.54) is 0 Å². The molecule has 2 rings (SSSR count). The van der Waals surface area contributed by atoms with Crippen LogP contribution in [0, 0.1) is 0 Å². The first kappa shape index (κ1) is 13.1. The number of hydrogen-bond acceptors (Lipinski definition) is 4. The summed E-state index contributed by atoms with van der Waals surface area (Å²) in [4.78, 5) is 4.43. The molecule has 0 atom stereocenters. The lowest BCUT2D eigenvalue weighted by Crippen LogP contribution is -2.21. The smallest absolute Gasteiger partial charge is 0.100 e. The number of hydrogen-bond donors (Lipinski definition) is 0. The summed E-state index contributed by atoms with van der Waals surface area (Å²) in [6.45, 7) is 7.58. The molecule has 2 heterocycles. The fourth-order valence-corrected chi connectivity index (χ4v) is 2.34. The van der Waals surface area contributed by atoms with E-state index in [-0.39, 0.29) is 4.75 Å². The Hall–Kier alpha value is -0.390. The van der Waals surface area contributed by atoms with E-state index in [2.05, 4.69) is 46.1 Å². The molecule has 0 N–H and O–H groups in total. The van der Waals surface area contributed by atoms with Gasteiger partial charge < -0.3 is 4.74 Å². The summed E-state index contributed by atoms with van der Waals surface area (Å²) in [6.07, 6.45) is 1.81. The van der Waals surface area contributed by atoms with E-state index in [0.717, 1.165) is 21.4 Å². The van der Waals surface area contributed by atoms with Gasteiger partial charge in [0.15, 0.2) is 0 Å². The van der Waals surface area contributed by atoms with Crippen LogP contribution in [0.5, 0.6) is 0 Å². The molecule has 0 spiro atoms. The highest BCUT2D eigenvalue weighted by Crippen LogP contribution is 2.27. The van der Waals surface area contributed by atoms with Crippen molar-refractivity contribution in [3.8, 4) is 0 Å². The van der Waals surface area contributed by atoms with Crippen molar-refractivity contribution in [2.75, 3.05) is 6.61 Å². The van der Waals surface area contributed by atoms with Gasteiger partial charge in [-0.05, 0) is 54.7 Å². The van der Waals surface area contributed by atoms with E-state index in [9.17, 15) is 0 Å². The number of ether oxygens (including phenoxy) is 1. The van der Waals surface area contributed by atoms with Crippen molar-refractivity contribution in [3.63, 3.8) is 0 Å². The number of pyridine rings is 1. The van der Waals surface area contributed by atoms with Gasteiger partial charge in [-0.3, -0.25) is 4.98 Å². The molecular formula is C12H15BrN2OS. The predicted molar refractivity (Wildman–Crippen MR) is 75.5 cm³/mol. The maximum atomic E-state index is 5.52. The summed E-state index contributed by atoms with van der Waals surface area (Å²) < 4.78 is 11.2. The van der Waals surface area contributed by atoms with E-state index in [0.29, 0.717) is 13.2 Å². The standard InChI is InChI=1S/C12H15BrN2OS/c1-12(2,3)17-15-10-7-16-6-8-4-9(13)5-14-11(8)10/h4-5H,6-7H2,1-3H3/b15-10+. The van der Waals surface area contributed by atoms with Crippen LogP contribution in [0.4, 0.5) is 0 Å². The van der Waals surface area contributed by atoms with E-state index < -0.39 is 0 Å². The molecule has 1 aliphatic rings. The molecular weight excluding hydrogens is 300 g/mol. The quantitative estimate of drug-likeness (QED) is 0.743. The monoisotopic (exact) mass is 314 g/mol. The molecule has 0 saturated heterocycles. The van der Waals surface area contributed by atoms with Gasteiger partial charge in [0.05, 0.1) is 18.9 Å². The van der Waals surface area contributed by atoms with Crippen LogP contribution < -0.4 is 0 Å². The van der Waals surface area contributed by atoms with Crippen LogP contribution in [0.2, 0.25) is 0 Å². The van der Waals surface area contributed by atoms with Crippen molar-refractivity contribution in [1.82, 2.24) is 4.98 Å². The molecule has 92 valence electrons. The minimum Gasteiger partial charge on any atom is -0.370 e. The summed E-state index contributed by atoms with van der Waals surface area (Å²) in [5.41, 5.74) is 2.99. The van der Waals surface area contributed by atoms with E-state index in [1.807, 2.05) is 6.07 Å². The van der Waals surface area contributed by atoms with Crippen molar-refractivity contribution < 1.29 is 4.74 Å². The van der Waals surface area contributed by atoms with Crippen LogP contribution in [-0.2, 0) is 11.3 Å². The zero-order chi connectivity index (χ0) is 12.5. The Labute approximate surface area is 114 Å². The van der Waals surface area contributed by atoms with Crippen molar-refractivity contribution >= 4 is 33.6 Å². The lowest BCUT2D eigenvalue weighted by atomic mass is 10.1. The van der Waals surface area contributed by atoms with Gasteiger partial charge in [-0.2, -0.15) is 0 Å². The Balaban J connectivity index is 2.29. The summed E-state index contributed by atoms with van der Waals surface area (Å²) in [5.74, 6) is 0.